The van der Waals surface area contributed by atoms with Gasteiger partial charge >= 0.3 is 0 Å². The summed E-state index contributed by atoms with van der Waals surface area (Å²) in [5.74, 6) is -6.13. The minimum atomic E-state index is -4.52. The summed E-state index contributed by atoms with van der Waals surface area (Å²) in [4.78, 5) is 10.3. The average Bonchev–Trinajstić information content (AvgIpc) is 2.44. The number of rotatable bonds is 3. The second-order valence-corrected chi connectivity index (χ2v) is 6.27. The van der Waals surface area contributed by atoms with Gasteiger partial charge in [0.05, 0.1) is 0 Å². The van der Waals surface area contributed by atoms with E-state index in [4.69, 9.17) is 5.73 Å². The first-order chi connectivity index (χ1) is 9.76. The maximum Gasteiger partial charge on any atom is 0.246 e. The molecule has 0 spiro atoms. The van der Waals surface area contributed by atoms with Crippen LogP contribution in [-0.4, -0.2) is 44.3 Å². The molecule has 1 heterocycles. The molecule has 1 aliphatic rings. The maximum absolute atomic E-state index is 13.7. The molecule has 21 heavy (non-hydrogen) atoms. The second kappa shape index (κ2) is 5.62. The number of hydrogen-bond donors (Lipinski definition) is 2. The molecular formula is C11H12F3N3O3S. The summed E-state index contributed by atoms with van der Waals surface area (Å²) >= 11 is 0. The molecule has 10 heteroatoms. The van der Waals surface area contributed by atoms with Crippen LogP contribution in [-0.2, 0) is 14.8 Å². The van der Waals surface area contributed by atoms with Gasteiger partial charge in [-0.05, 0) is 12.1 Å². The van der Waals surface area contributed by atoms with Crippen LogP contribution >= 0.6 is 0 Å². The number of piperazine rings is 1. The number of carbonyl (C=O) groups excluding carboxylic acids is 1. The van der Waals surface area contributed by atoms with Gasteiger partial charge in [0.25, 0.3) is 0 Å². The van der Waals surface area contributed by atoms with Gasteiger partial charge in [0.2, 0.25) is 15.9 Å². The Hall–Kier alpha value is -1.65. The minimum Gasteiger partial charge on any atom is -0.368 e. The third-order valence-electron chi connectivity index (χ3n) is 3.11. The van der Waals surface area contributed by atoms with E-state index in [1.165, 1.54) is 0 Å². The Labute approximate surface area is 118 Å². The standard InChI is InChI=1S/C11H12F3N3O3S/c12-6-1-2-8(10(14)9(6)13)21(19,20)17-4-3-16-5-7(17)11(15)18/h1-2,7,16H,3-5H2,(H2,15,18). The molecule has 0 aliphatic carbocycles. The summed E-state index contributed by atoms with van der Waals surface area (Å²) in [6.45, 7) is 0.0303. The molecule has 1 fully saturated rings. The molecule has 3 N–H and O–H groups in total. The number of nitrogens with one attached hydrogen (secondary N) is 1. The Morgan fingerprint density at radius 2 is 1.95 bits per heavy atom. The summed E-state index contributed by atoms with van der Waals surface area (Å²) in [7, 11) is -4.52. The van der Waals surface area contributed by atoms with E-state index >= 15 is 0 Å². The third kappa shape index (κ3) is 2.74. The molecule has 1 unspecified atom stereocenters. The number of benzene rings is 1. The Kier molecular flexibility index (Phi) is 4.21. The monoisotopic (exact) mass is 323 g/mol. The summed E-state index contributed by atoms with van der Waals surface area (Å²) in [6, 6.07) is -0.105. The number of halogens is 3. The topological polar surface area (TPSA) is 92.5 Å². The van der Waals surface area contributed by atoms with Crippen molar-refractivity contribution in [3.8, 4) is 0 Å². The highest BCUT2D eigenvalue weighted by molar-refractivity contribution is 7.89. The Morgan fingerprint density at radius 1 is 1.29 bits per heavy atom. The molecule has 1 saturated heterocycles. The summed E-state index contributed by atoms with van der Waals surface area (Å²) < 4.78 is 65.2. The van der Waals surface area contributed by atoms with Gasteiger partial charge in [-0.1, -0.05) is 0 Å². The van der Waals surface area contributed by atoms with Crippen molar-refractivity contribution < 1.29 is 26.4 Å². The Bertz CT molecular complexity index is 681. The van der Waals surface area contributed by atoms with Crippen molar-refractivity contribution >= 4 is 15.9 Å². The predicted molar refractivity (Wildman–Crippen MR) is 66.1 cm³/mol. The van der Waals surface area contributed by atoms with Crippen LogP contribution in [0.5, 0.6) is 0 Å². The molecular weight excluding hydrogens is 311 g/mol. The van der Waals surface area contributed by atoms with Crippen LogP contribution in [0.3, 0.4) is 0 Å². The lowest BCUT2D eigenvalue weighted by Gasteiger charge is -2.33. The first-order valence-corrected chi connectivity index (χ1v) is 7.36. The molecule has 1 amide bonds. The molecule has 1 aromatic carbocycles. The lowest BCUT2D eigenvalue weighted by atomic mass is 10.2. The minimum absolute atomic E-state index is 0.0418. The highest BCUT2D eigenvalue weighted by Gasteiger charge is 2.38. The van der Waals surface area contributed by atoms with Crippen molar-refractivity contribution in [2.75, 3.05) is 19.6 Å². The number of amides is 1. The fourth-order valence-electron chi connectivity index (χ4n) is 2.05. The van der Waals surface area contributed by atoms with Crippen LogP contribution in [0.4, 0.5) is 13.2 Å². The molecule has 116 valence electrons. The van der Waals surface area contributed by atoms with E-state index in [0.717, 1.165) is 0 Å². The first kappa shape index (κ1) is 15.7. The van der Waals surface area contributed by atoms with Gasteiger partial charge in [0.1, 0.15) is 10.9 Å². The van der Waals surface area contributed by atoms with Gasteiger partial charge < -0.3 is 11.1 Å². The zero-order valence-electron chi connectivity index (χ0n) is 10.6. The van der Waals surface area contributed by atoms with Gasteiger partial charge in [-0.2, -0.15) is 4.31 Å². The highest BCUT2D eigenvalue weighted by Crippen LogP contribution is 2.24. The van der Waals surface area contributed by atoms with E-state index in [1.54, 1.807) is 0 Å². The number of sulfonamides is 1. The molecule has 1 atom stereocenters. The number of nitrogens with zero attached hydrogens (tertiary/aromatic N) is 1. The van der Waals surface area contributed by atoms with Crippen molar-refractivity contribution in [3.05, 3.63) is 29.6 Å². The van der Waals surface area contributed by atoms with E-state index in [-0.39, 0.29) is 19.6 Å². The third-order valence-corrected chi connectivity index (χ3v) is 5.03. The van der Waals surface area contributed by atoms with Gasteiger partial charge in [-0.15, -0.1) is 0 Å². The van der Waals surface area contributed by atoms with E-state index in [0.29, 0.717) is 16.4 Å². The summed E-state index contributed by atoms with van der Waals surface area (Å²) in [5.41, 5.74) is 5.11. The fourth-order valence-corrected chi connectivity index (χ4v) is 3.70. The van der Waals surface area contributed by atoms with Gasteiger partial charge in [-0.3, -0.25) is 4.79 Å². The van der Waals surface area contributed by atoms with Crippen LogP contribution in [0.25, 0.3) is 0 Å². The highest BCUT2D eigenvalue weighted by atomic mass is 32.2. The zero-order valence-corrected chi connectivity index (χ0v) is 11.5. The molecule has 0 bridgehead atoms. The molecule has 1 aliphatic heterocycles. The smallest absolute Gasteiger partial charge is 0.246 e. The largest absolute Gasteiger partial charge is 0.368 e. The molecule has 0 aromatic heterocycles. The quantitative estimate of drug-likeness (QED) is 0.737. The van der Waals surface area contributed by atoms with E-state index in [2.05, 4.69) is 5.32 Å². The van der Waals surface area contributed by atoms with Crippen LogP contribution < -0.4 is 11.1 Å². The zero-order chi connectivity index (χ0) is 15.8. The average molecular weight is 323 g/mol. The fraction of sp³-hybridized carbons (Fsp3) is 0.364. The number of nitrogens with two attached hydrogens (primary N) is 1. The number of carbonyl (C=O) groups is 1. The summed E-state index contributed by atoms with van der Waals surface area (Å²) in [6.07, 6.45) is 0. The maximum atomic E-state index is 13.7. The van der Waals surface area contributed by atoms with Gasteiger partial charge in [0.15, 0.2) is 17.5 Å². The lowest BCUT2D eigenvalue weighted by molar-refractivity contribution is -0.122. The molecule has 1 aromatic rings. The van der Waals surface area contributed by atoms with E-state index < -0.39 is 44.3 Å². The number of hydrogen-bond acceptors (Lipinski definition) is 4. The van der Waals surface area contributed by atoms with Crippen LogP contribution in [0.1, 0.15) is 0 Å². The normalized spacial score (nSPS) is 20.4. The van der Waals surface area contributed by atoms with Gasteiger partial charge in [-0.25, -0.2) is 21.6 Å². The molecule has 0 radical (unpaired) electrons. The second-order valence-electron chi connectivity index (χ2n) is 4.41. The van der Waals surface area contributed by atoms with Crippen molar-refractivity contribution in [2.45, 2.75) is 10.9 Å². The predicted octanol–water partition coefficient (Wildman–Crippen LogP) is -0.448. The molecule has 0 saturated carbocycles. The lowest BCUT2D eigenvalue weighted by Crippen LogP contribution is -2.58. The van der Waals surface area contributed by atoms with Gasteiger partial charge in [0, 0.05) is 19.6 Å². The van der Waals surface area contributed by atoms with E-state index in [9.17, 15) is 26.4 Å². The molecule has 6 nitrogen and oxygen atoms in total. The van der Waals surface area contributed by atoms with Crippen molar-refractivity contribution in [1.29, 1.82) is 0 Å². The van der Waals surface area contributed by atoms with Crippen molar-refractivity contribution in [2.24, 2.45) is 5.73 Å². The van der Waals surface area contributed by atoms with Crippen molar-refractivity contribution in [1.82, 2.24) is 9.62 Å². The van der Waals surface area contributed by atoms with Crippen LogP contribution in [0.15, 0.2) is 17.0 Å². The first-order valence-electron chi connectivity index (χ1n) is 5.92. The van der Waals surface area contributed by atoms with E-state index in [1.807, 2.05) is 0 Å². The van der Waals surface area contributed by atoms with Crippen LogP contribution in [0, 0.1) is 17.5 Å². The van der Waals surface area contributed by atoms with Crippen molar-refractivity contribution in [3.63, 3.8) is 0 Å². The van der Waals surface area contributed by atoms with Crippen LogP contribution in [0.2, 0.25) is 0 Å². The Morgan fingerprint density at radius 3 is 2.57 bits per heavy atom. The SMILES string of the molecule is NC(=O)C1CNCCN1S(=O)(=O)c1ccc(F)c(F)c1F. The Balaban J connectivity index is 2.51. The molecule has 2 rings (SSSR count). The summed E-state index contributed by atoms with van der Waals surface area (Å²) in [5, 5.41) is 2.77. The number of primary amides is 1.